The number of nitrogens with zero attached hydrogens (tertiary/aromatic N) is 10. The van der Waals surface area contributed by atoms with E-state index in [0.717, 1.165) is 59.4 Å². The molecular formula is C44H60N12O4. The first-order valence-electron chi connectivity index (χ1n) is 21.2. The van der Waals surface area contributed by atoms with Gasteiger partial charge in [-0.2, -0.15) is 20.2 Å². The monoisotopic (exact) mass is 820 g/mol. The molecule has 2 saturated heterocycles. The van der Waals surface area contributed by atoms with Crippen molar-refractivity contribution >= 4 is 57.3 Å². The summed E-state index contributed by atoms with van der Waals surface area (Å²) in [5.74, 6) is 2.95. The highest BCUT2D eigenvalue weighted by Crippen LogP contribution is 2.35. The van der Waals surface area contributed by atoms with E-state index in [4.69, 9.17) is 19.4 Å². The Bertz CT molecular complexity index is 2270. The predicted octanol–water partition coefficient (Wildman–Crippen LogP) is 8.64. The quantitative estimate of drug-likeness (QED) is 0.100. The minimum absolute atomic E-state index is 0.249. The molecule has 0 bridgehead atoms. The van der Waals surface area contributed by atoms with Crippen LogP contribution in [0.3, 0.4) is 0 Å². The van der Waals surface area contributed by atoms with Gasteiger partial charge in [0.2, 0.25) is 11.9 Å². The summed E-state index contributed by atoms with van der Waals surface area (Å²) in [6.07, 6.45) is 18.2. The number of cyclic esters (lactones) is 2. The van der Waals surface area contributed by atoms with E-state index in [1.807, 2.05) is 40.1 Å². The van der Waals surface area contributed by atoms with E-state index >= 15 is 0 Å². The van der Waals surface area contributed by atoms with Gasteiger partial charge in [-0.25, -0.2) is 19.6 Å². The Kier molecular flexibility index (Phi) is 12.0. The van der Waals surface area contributed by atoms with Crippen molar-refractivity contribution in [2.75, 3.05) is 10.6 Å². The molecule has 8 heterocycles. The number of hydrogen-bond acceptors (Lipinski definition) is 12. The molecule has 0 amide bonds. The molecule has 4 atom stereocenters. The van der Waals surface area contributed by atoms with Gasteiger partial charge in [-0.1, -0.05) is 54.4 Å². The van der Waals surface area contributed by atoms with Gasteiger partial charge in [0.25, 0.3) is 0 Å². The first-order valence-corrected chi connectivity index (χ1v) is 21.2. The van der Waals surface area contributed by atoms with Crippen LogP contribution in [-0.2, 0) is 32.2 Å². The second-order valence-electron chi connectivity index (χ2n) is 18.2. The summed E-state index contributed by atoms with van der Waals surface area (Å²) in [5, 5.41) is 17.1. The van der Waals surface area contributed by atoms with Gasteiger partial charge in [0.05, 0.1) is 23.8 Å². The van der Waals surface area contributed by atoms with Gasteiger partial charge in [-0.15, -0.1) is 0 Å². The van der Waals surface area contributed by atoms with Crippen molar-refractivity contribution in [2.24, 2.45) is 23.7 Å². The van der Waals surface area contributed by atoms with Crippen LogP contribution >= 0.6 is 0 Å². The van der Waals surface area contributed by atoms with Crippen LogP contribution in [0.1, 0.15) is 107 Å². The fraction of sp³-hybridized carbons (Fsp3) is 0.545. The highest BCUT2D eigenvalue weighted by molar-refractivity contribution is 5.79. The number of ether oxygens (including phenoxy) is 2. The number of anilines is 4. The molecule has 2 N–H and O–H groups in total. The molecule has 6 aromatic heterocycles. The van der Waals surface area contributed by atoms with Crippen molar-refractivity contribution < 1.29 is 19.1 Å². The molecule has 0 radical (unpaired) electrons. The zero-order valence-corrected chi connectivity index (χ0v) is 36.6. The number of hydrogen-bond donors (Lipinski definition) is 2. The lowest BCUT2D eigenvalue weighted by Crippen LogP contribution is -2.17. The fourth-order valence-electron chi connectivity index (χ4n) is 8.15. The minimum atomic E-state index is -0.465. The molecule has 2 aliphatic rings. The van der Waals surface area contributed by atoms with E-state index in [0.29, 0.717) is 48.4 Å². The summed E-state index contributed by atoms with van der Waals surface area (Å²) in [6.45, 7) is 23.0. The molecule has 2 unspecified atom stereocenters. The van der Waals surface area contributed by atoms with Gasteiger partial charge >= 0.3 is 11.9 Å². The molecule has 16 nitrogen and oxygen atoms in total. The summed E-state index contributed by atoms with van der Waals surface area (Å²) in [4.78, 5) is 42.6. The van der Waals surface area contributed by atoms with E-state index in [1.165, 1.54) is 0 Å². The third kappa shape index (κ3) is 9.47. The molecule has 2 aliphatic heterocycles. The maximum atomic E-state index is 12.1. The average Bonchev–Trinajstić information content (AvgIpc) is 4.05. The number of esters is 2. The maximum Gasteiger partial charge on any atom is 0.331 e. The maximum absolute atomic E-state index is 12.1. The Morgan fingerprint density at radius 2 is 1.07 bits per heavy atom. The highest BCUT2D eigenvalue weighted by Gasteiger charge is 2.42. The van der Waals surface area contributed by atoms with Crippen LogP contribution in [0.25, 0.3) is 22.1 Å². The first kappa shape index (κ1) is 42.3. The number of rotatable bonds is 14. The Balaban J connectivity index is 0.000000181. The lowest BCUT2D eigenvalue weighted by Gasteiger charge is -2.20. The van der Waals surface area contributed by atoms with Crippen molar-refractivity contribution in [1.29, 1.82) is 0 Å². The number of aromatic nitrogens is 10. The van der Waals surface area contributed by atoms with E-state index in [-0.39, 0.29) is 11.9 Å². The number of carbonyl (C=O) groups excluding carboxylic acids is 2. The van der Waals surface area contributed by atoms with E-state index < -0.39 is 23.3 Å². The SMILES string of the molecule is CC[C@@H](Cn1ccc2cnc(Nc3cnn(C4CC(C)(C)OC4=O)c3)nc21)C(C)C.CC[C@H](Cn1ccc2cnc(Nc3cnn(C4CC(C)(C)OC4=O)c3)nc21)C(C)C. The minimum Gasteiger partial charge on any atom is -0.458 e. The van der Waals surface area contributed by atoms with Crippen LogP contribution in [0, 0.1) is 23.7 Å². The summed E-state index contributed by atoms with van der Waals surface area (Å²) in [6, 6.07) is 3.30. The van der Waals surface area contributed by atoms with Crippen LogP contribution in [0.15, 0.2) is 61.7 Å². The number of carbonyl (C=O) groups is 2. The zero-order valence-electron chi connectivity index (χ0n) is 36.6. The predicted molar refractivity (Wildman–Crippen MR) is 231 cm³/mol. The van der Waals surface area contributed by atoms with Gasteiger partial charge in [-0.05, 0) is 63.5 Å². The van der Waals surface area contributed by atoms with Gasteiger partial charge < -0.3 is 29.2 Å². The lowest BCUT2D eigenvalue weighted by molar-refractivity contribution is -0.149. The van der Waals surface area contributed by atoms with E-state index in [2.05, 4.69) is 106 Å². The van der Waals surface area contributed by atoms with Crippen LogP contribution in [0.4, 0.5) is 23.3 Å². The molecule has 6 aromatic rings. The summed E-state index contributed by atoms with van der Waals surface area (Å²) < 4.78 is 18.5. The van der Waals surface area contributed by atoms with Gasteiger partial charge in [0.15, 0.2) is 12.1 Å². The number of nitrogens with one attached hydrogen (secondary N) is 2. The van der Waals surface area contributed by atoms with Crippen LogP contribution < -0.4 is 10.6 Å². The third-order valence-electron chi connectivity index (χ3n) is 11.8. The van der Waals surface area contributed by atoms with Crippen molar-refractivity contribution in [3.63, 3.8) is 0 Å². The van der Waals surface area contributed by atoms with E-state index in [9.17, 15) is 9.59 Å². The van der Waals surface area contributed by atoms with Crippen molar-refractivity contribution in [3.05, 3.63) is 61.7 Å². The largest absolute Gasteiger partial charge is 0.458 e. The zero-order chi connectivity index (χ0) is 42.9. The van der Waals surface area contributed by atoms with Crippen molar-refractivity contribution in [1.82, 2.24) is 48.6 Å². The highest BCUT2D eigenvalue weighted by atomic mass is 16.6. The molecule has 0 spiro atoms. The molecule has 16 heteroatoms. The second kappa shape index (κ2) is 17.1. The molecule has 60 heavy (non-hydrogen) atoms. The molecule has 8 rings (SSSR count). The molecule has 0 saturated carbocycles. The normalized spacial score (nSPS) is 19.4. The Hall–Kier alpha value is -5.80. The van der Waals surface area contributed by atoms with Gasteiger partial charge in [0.1, 0.15) is 22.5 Å². The Morgan fingerprint density at radius 3 is 1.40 bits per heavy atom. The van der Waals surface area contributed by atoms with Gasteiger partial charge in [0, 0.05) is 73.9 Å². The topological polar surface area (TPSA) is 174 Å². The standard InChI is InChI=1S/2C22H30N6O2/c2*1-6-15(14(2)3)12-27-8-7-16-10-23-21(26-19(16)27)25-17-11-24-28(13-17)18-9-22(4,5)30-20(18)29/h2*7-8,10-11,13-15,18H,6,9,12H2,1-5H3,(H,23,25,26)/t2*15-,18?/m10/s1. The lowest BCUT2D eigenvalue weighted by atomic mass is 9.93. The van der Waals surface area contributed by atoms with Crippen molar-refractivity contribution in [3.8, 4) is 0 Å². The molecule has 2 fully saturated rings. The third-order valence-corrected chi connectivity index (χ3v) is 11.8. The van der Waals surface area contributed by atoms with Crippen LogP contribution in [0.5, 0.6) is 0 Å². The molecule has 0 aliphatic carbocycles. The van der Waals surface area contributed by atoms with Gasteiger partial charge in [-0.3, -0.25) is 9.36 Å². The van der Waals surface area contributed by atoms with Crippen LogP contribution in [-0.4, -0.2) is 71.8 Å². The van der Waals surface area contributed by atoms with E-state index in [1.54, 1.807) is 34.2 Å². The first-order chi connectivity index (χ1) is 28.5. The second-order valence-corrected chi connectivity index (χ2v) is 18.2. The van der Waals surface area contributed by atoms with Crippen molar-refractivity contribution in [2.45, 2.75) is 131 Å². The average molecular weight is 821 g/mol. The molecular weight excluding hydrogens is 761 g/mol. The fourth-order valence-corrected chi connectivity index (χ4v) is 8.15. The van der Waals surface area contributed by atoms with Crippen LogP contribution in [0.2, 0.25) is 0 Å². The Morgan fingerprint density at radius 1 is 0.667 bits per heavy atom. The number of fused-ring (bicyclic) bond motifs is 2. The summed E-state index contributed by atoms with van der Waals surface area (Å²) in [5.41, 5.74) is 2.37. The molecule has 320 valence electrons. The Labute approximate surface area is 351 Å². The smallest absolute Gasteiger partial charge is 0.331 e. The molecule has 0 aromatic carbocycles. The summed E-state index contributed by atoms with van der Waals surface area (Å²) >= 11 is 0. The summed E-state index contributed by atoms with van der Waals surface area (Å²) in [7, 11) is 0.